The molecule has 3 heteroatoms. The van der Waals surface area contributed by atoms with Crippen molar-refractivity contribution in [2.45, 2.75) is 6.92 Å². The molecule has 2 aromatic rings. The molecule has 2 aromatic carbocycles. The zero-order chi connectivity index (χ0) is 13.1. The lowest BCUT2D eigenvalue weighted by molar-refractivity contribution is 0.0696. The van der Waals surface area contributed by atoms with Crippen molar-refractivity contribution in [1.82, 2.24) is 0 Å². The van der Waals surface area contributed by atoms with Gasteiger partial charge in [0.1, 0.15) is 0 Å². The monoisotopic (exact) mass is 240 g/mol. The van der Waals surface area contributed by atoms with Gasteiger partial charge in [0.25, 0.3) is 0 Å². The van der Waals surface area contributed by atoms with E-state index in [1.54, 1.807) is 30.3 Å². The van der Waals surface area contributed by atoms with Gasteiger partial charge >= 0.3 is 5.97 Å². The normalized spacial score (nSPS) is 10.1. The molecule has 0 aliphatic heterocycles. The smallest absolute Gasteiger partial charge is 0.335 e. The highest BCUT2D eigenvalue weighted by Crippen LogP contribution is 2.24. The van der Waals surface area contributed by atoms with E-state index in [-0.39, 0.29) is 11.3 Å². The number of aromatic carboxylic acids is 1. The van der Waals surface area contributed by atoms with Crippen LogP contribution >= 0.6 is 0 Å². The van der Waals surface area contributed by atoms with Gasteiger partial charge < -0.3 is 5.11 Å². The number of carbonyl (C=O) groups is 2. The van der Waals surface area contributed by atoms with E-state index in [0.717, 1.165) is 11.1 Å². The fraction of sp³-hybridized carbons (Fsp3) is 0.0667. The number of carbonyl (C=O) groups excluding carboxylic acids is 1. The molecule has 0 radical (unpaired) electrons. The van der Waals surface area contributed by atoms with Crippen LogP contribution in [0.15, 0.2) is 48.5 Å². The first-order chi connectivity index (χ1) is 8.59. The molecule has 0 aliphatic carbocycles. The minimum atomic E-state index is -0.975. The molecule has 0 unspecified atom stereocenters. The van der Waals surface area contributed by atoms with Crippen molar-refractivity contribution in [1.29, 1.82) is 0 Å². The summed E-state index contributed by atoms with van der Waals surface area (Å²) in [6, 6.07) is 13.8. The highest BCUT2D eigenvalue weighted by molar-refractivity contribution is 6.01. The summed E-state index contributed by atoms with van der Waals surface area (Å²) in [7, 11) is 0. The zero-order valence-corrected chi connectivity index (χ0v) is 9.88. The van der Waals surface area contributed by atoms with Gasteiger partial charge in [-0.15, -0.1) is 0 Å². The van der Waals surface area contributed by atoms with Gasteiger partial charge in [0.05, 0.1) is 5.56 Å². The van der Waals surface area contributed by atoms with Crippen LogP contribution in [0.4, 0.5) is 0 Å². The van der Waals surface area contributed by atoms with Crippen LogP contribution in [0.3, 0.4) is 0 Å². The maximum absolute atomic E-state index is 11.5. The maximum Gasteiger partial charge on any atom is 0.335 e. The van der Waals surface area contributed by atoms with Crippen molar-refractivity contribution in [2.24, 2.45) is 0 Å². The molecule has 1 N–H and O–H groups in total. The Morgan fingerprint density at radius 1 is 1.00 bits per heavy atom. The maximum atomic E-state index is 11.5. The van der Waals surface area contributed by atoms with Crippen molar-refractivity contribution in [3.63, 3.8) is 0 Å². The van der Waals surface area contributed by atoms with E-state index in [2.05, 4.69) is 0 Å². The van der Waals surface area contributed by atoms with E-state index in [0.29, 0.717) is 5.56 Å². The van der Waals surface area contributed by atoms with Gasteiger partial charge in [0, 0.05) is 5.56 Å². The topological polar surface area (TPSA) is 54.4 Å². The molecule has 3 nitrogen and oxygen atoms in total. The first-order valence-corrected chi connectivity index (χ1v) is 5.53. The summed E-state index contributed by atoms with van der Waals surface area (Å²) in [4.78, 5) is 22.5. The number of carboxylic acid groups (broad SMARTS) is 1. The number of ketones is 1. The van der Waals surface area contributed by atoms with Crippen LogP contribution < -0.4 is 0 Å². The third-order valence-corrected chi connectivity index (χ3v) is 2.73. The van der Waals surface area contributed by atoms with Crippen LogP contribution in [0.5, 0.6) is 0 Å². The summed E-state index contributed by atoms with van der Waals surface area (Å²) in [6.07, 6.45) is 0. The van der Waals surface area contributed by atoms with Crippen LogP contribution in [0.25, 0.3) is 11.1 Å². The van der Waals surface area contributed by atoms with Crippen molar-refractivity contribution in [3.8, 4) is 11.1 Å². The van der Waals surface area contributed by atoms with Gasteiger partial charge in [-0.1, -0.05) is 36.4 Å². The van der Waals surface area contributed by atoms with Crippen molar-refractivity contribution < 1.29 is 14.7 Å². The number of carboxylic acids is 1. The predicted octanol–water partition coefficient (Wildman–Crippen LogP) is 3.25. The second kappa shape index (κ2) is 4.84. The van der Waals surface area contributed by atoms with Crippen LogP contribution in [-0.2, 0) is 0 Å². The average molecular weight is 240 g/mol. The van der Waals surface area contributed by atoms with Gasteiger partial charge in [0.15, 0.2) is 5.78 Å². The van der Waals surface area contributed by atoms with Crippen LogP contribution in [0, 0.1) is 0 Å². The Hall–Kier alpha value is -2.42. The molecule has 0 heterocycles. The number of Topliss-reactive ketones (excluding diaryl/α,β-unsaturated/α-hetero) is 1. The second-order valence-corrected chi connectivity index (χ2v) is 3.99. The molecule has 0 atom stereocenters. The van der Waals surface area contributed by atoms with Gasteiger partial charge in [-0.2, -0.15) is 0 Å². The highest BCUT2D eigenvalue weighted by Gasteiger charge is 2.10. The first-order valence-electron chi connectivity index (χ1n) is 5.53. The highest BCUT2D eigenvalue weighted by atomic mass is 16.4. The summed E-state index contributed by atoms with van der Waals surface area (Å²) in [5, 5.41) is 8.97. The van der Waals surface area contributed by atoms with Crippen LogP contribution in [0.2, 0.25) is 0 Å². The minimum absolute atomic E-state index is 0.0358. The van der Waals surface area contributed by atoms with Crippen molar-refractivity contribution in [2.75, 3.05) is 0 Å². The van der Waals surface area contributed by atoms with E-state index in [4.69, 9.17) is 5.11 Å². The quantitative estimate of drug-likeness (QED) is 0.838. The fourth-order valence-corrected chi connectivity index (χ4v) is 1.86. The Balaban J connectivity index is 2.58. The van der Waals surface area contributed by atoms with Gasteiger partial charge in [-0.3, -0.25) is 4.79 Å². The number of benzene rings is 2. The lowest BCUT2D eigenvalue weighted by Gasteiger charge is -2.07. The molecule has 0 spiro atoms. The molecule has 90 valence electrons. The predicted molar refractivity (Wildman–Crippen MR) is 68.8 cm³/mol. The summed E-state index contributed by atoms with van der Waals surface area (Å²) in [6.45, 7) is 1.50. The van der Waals surface area contributed by atoms with Crippen molar-refractivity contribution >= 4 is 11.8 Å². The summed E-state index contributed by atoms with van der Waals surface area (Å²) < 4.78 is 0. The lowest BCUT2D eigenvalue weighted by Crippen LogP contribution is -1.98. The van der Waals surface area contributed by atoms with Crippen LogP contribution in [0.1, 0.15) is 27.6 Å². The first kappa shape index (κ1) is 12.0. The summed E-state index contributed by atoms with van der Waals surface area (Å²) >= 11 is 0. The molecular formula is C15H12O3. The van der Waals surface area contributed by atoms with Gasteiger partial charge in [-0.25, -0.2) is 4.79 Å². The third kappa shape index (κ3) is 2.30. The SMILES string of the molecule is CC(=O)c1ccccc1-c1cccc(C(=O)O)c1. The molecule has 0 aliphatic rings. The Kier molecular flexibility index (Phi) is 3.24. The Labute approximate surface area is 105 Å². The van der Waals surface area contributed by atoms with E-state index < -0.39 is 5.97 Å². The van der Waals surface area contributed by atoms with E-state index in [1.807, 2.05) is 12.1 Å². The van der Waals surface area contributed by atoms with E-state index in [1.165, 1.54) is 13.0 Å². The molecule has 0 amide bonds. The summed E-state index contributed by atoms with van der Waals surface area (Å²) in [5.41, 5.74) is 2.31. The Morgan fingerprint density at radius 2 is 1.72 bits per heavy atom. The second-order valence-electron chi connectivity index (χ2n) is 3.99. The number of rotatable bonds is 3. The molecule has 0 bridgehead atoms. The number of hydrogen-bond acceptors (Lipinski definition) is 2. The molecule has 0 fully saturated rings. The molecule has 0 saturated carbocycles. The van der Waals surface area contributed by atoms with Crippen LogP contribution in [-0.4, -0.2) is 16.9 Å². The molecule has 18 heavy (non-hydrogen) atoms. The molecule has 0 saturated heterocycles. The Morgan fingerprint density at radius 3 is 2.39 bits per heavy atom. The summed E-state index contributed by atoms with van der Waals surface area (Å²) in [5.74, 6) is -1.01. The fourth-order valence-electron chi connectivity index (χ4n) is 1.86. The molecular weight excluding hydrogens is 228 g/mol. The van der Waals surface area contributed by atoms with Crippen molar-refractivity contribution in [3.05, 3.63) is 59.7 Å². The largest absolute Gasteiger partial charge is 0.478 e. The lowest BCUT2D eigenvalue weighted by atomic mass is 9.96. The molecule has 2 rings (SSSR count). The molecule has 0 aromatic heterocycles. The Bertz CT molecular complexity index is 615. The standard InChI is InChI=1S/C15H12O3/c1-10(16)13-7-2-3-8-14(13)11-5-4-6-12(9-11)15(17)18/h2-9H,1H3,(H,17,18). The average Bonchev–Trinajstić information content (AvgIpc) is 2.39. The van der Waals surface area contributed by atoms with E-state index >= 15 is 0 Å². The number of hydrogen-bond donors (Lipinski definition) is 1. The minimum Gasteiger partial charge on any atom is -0.478 e. The van der Waals surface area contributed by atoms with E-state index in [9.17, 15) is 9.59 Å². The van der Waals surface area contributed by atoms with Gasteiger partial charge in [-0.05, 0) is 30.2 Å². The van der Waals surface area contributed by atoms with Gasteiger partial charge in [0.2, 0.25) is 0 Å². The zero-order valence-electron chi connectivity index (χ0n) is 9.88. The third-order valence-electron chi connectivity index (χ3n) is 2.73.